The first-order valence-corrected chi connectivity index (χ1v) is 5.99. The van der Waals surface area contributed by atoms with Crippen molar-refractivity contribution < 1.29 is 4.79 Å². The molecule has 5 heteroatoms. The predicted octanol–water partition coefficient (Wildman–Crippen LogP) is 1.45. The number of nitrogens with one attached hydrogen (secondary N) is 1. The molecule has 18 heavy (non-hydrogen) atoms. The van der Waals surface area contributed by atoms with E-state index in [0.29, 0.717) is 5.95 Å². The smallest absolute Gasteiger partial charge is 0.240 e. The fraction of sp³-hybridized carbons (Fsp3) is 0.385. The van der Waals surface area contributed by atoms with Crippen LogP contribution < -0.4 is 11.1 Å². The fourth-order valence-corrected chi connectivity index (χ4v) is 1.93. The summed E-state index contributed by atoms with van der Waals surface area (Å²) in [5.41, 5.74) is 8.68. The van der Waals surface area contributed by atoms with Crippen LogP contribution in [0.1, 0.15) is 19.4 Å². The van der Waals surface area contributed by atoms with Crippen molar-refractivity contribution in [3.63, 3.8) is 0 Å². The molecule has 96 valence electrons. The molecule has 1 aromatic heterocycles. The van der Waals surface area contributed by atoms with Gasteiger partial charge < -0.3 is 15.6 Å². The first kappa shape index (κ1) is 12.4. The normalized spacial score (nSPS) is 11.1. The molecule has 0 radical (unpaired) electrons. The molecule has 0 spiro atoms. The second-order valence-electron chi connectivity index (χ2n) is 4.77. The van der Waals surface area contributed by atoms with Gasteiger partial charge in [-0.25, -0.2) is 4.98 Å². The Labute approximate surface area is 106 Å². The number of anilines is 1. The number of carbonyl (C=O) groups excluding carboxylic acids is 1. The monoisotopic (exact) mass is 246 g/mol. The number of aryl methyl sites for hydroxylation is 1. The van der Waals surface area contributed by atoms with Crippen LogP contribution in [0, 0.1) is 6.92 Å². The second kappa shape index (κ2) is 4.68. The number of nitrogen functional groups attached to an aromatic ring is 1. The summed E-state index contributed by atoms with van der Waals surface area (Å²) in [6, 6.07) is 6.00. The van der Waals surface area contributed by atoms with E-state index in [0.717, 1.165) is 16.6 Å². The number of carbonyl (C=O) groups is 1. The zero-order valence-corrected chi connectivity index (χ0v) is 10.9. The Kier molecular flexibility index (Phi) is 3.23. The first-order valence-electron chi connectivity index (χ1n) is 5.99. The van der Waals surface area contributed by atoms with E-state index < -0.39 is 0 Å². The van der Waals surface area contributed by atoms with E-state index in [1.165, 1.54) is 0 Å². The van der Waals surface area contributed by atoms with Crippen molar-refractivity contribution in [2.24, 2.45) is 0 Å². The SMILES string of the molecule is Cc1ccc2nc(N)n(CC(=O)NC(C)C)c2c1. The molecule has 0 aliphatic heterocycles. The molecular formula is C13H18N4O. The molecule has 5 nitrogen and oxygen atoms in total. The van der Waals surface area contributed by atoms with Crippen molar-refractivity contribution in [2.45, 2.75) is 33.4 Å². The summed E-state index contributed by atoms with van der Waals surface area (Å²) in [6.07, 6.45) is 0. The summed E-state index contributed by atoms with van der Waals surface area (Å²) in [4.78, 5) is 16.0. The van der Waals surface area contributed by atoms with Gasteiger partial charge in [0.15, 0.2) is 0 Å². The zero-order valence-electron chi connectivity index (χ0n) is 10.9. The summed E-state index contributed by atoms with van der Waals surface area (Å²) < 4.78 is 1.74. The summed E-state index contributed by atoms with van der Waals surface area (Å²) in [5, 5.41) is 2.84. The van der Waals surface area contributed by atoms with Gasteiger partial charge in [0.1, 0.15) is 6.54 Å². The first-order chi connectivity index (χ1) is 8.47. The van der Waals surface area contributed by atoms with Crippen molar-refractivity contribution in [2.75, 3.05) is 5.73 Å². The minimum atomic E-state index is -0.0579. The van der Waals surface area contributed by atoms with Gasteiger partial charge in [-0.05, 0) is 38.5 Å². The van der Waals surface area contributed by atoms with Crippen LogP contribution in [-0.2, 0) is 11.3 Å². The van der Waals surface area contributed by atoms with Gasteiger partial charge in [-0.2, -0.15) is 0 Å². The zero-order chi connectivity index (χ0) is 13.3. The Morgan fingerprint density at radius 3 is 2.89 bits per heavy atom. The fourth-order valence-electron chi connectivity index (χ4n) is 1.93. The van der Waals surface area contributed by atoms with Gasteiger partial charge in [0.05, 0.1) is 11.0 Å². The number of benzene rings is 1. The molecule has 1 aromatic carbocycles. The van der Waals surface area contributed by atoms with Gasteiger partial charge in [0.25, 0.3) is 0 Å². The number of hydrogen-bond donors (Lipinski definition) is 2. The number of fused-ring (bicyclic) bond motifs is 1. The lowest BCUT2D eigenvalue weighted by Gasteiger charge is -2.10. The minimum Gasteiger partial charge on any atom is -0.369 e. The van der Waals surface area contributed by atoms with E-state index in [1.54, 1.807) is 4.57 Å². The highest BCUT2D eigenvalue weighted by Crippen LogP contribution is 2.18. The highest BCUT2D eigenvalue weighted by Gasteiger charge is 2.12. The Bertz CT molecular complexity index is 586. The van der Waals surface area contributed by atoms with E-state index >= 15 is 0 Å². The average Bonchev–Trinajstić information content (AvgIpc) is 2.55. The lowest BCUT2D eigenvalue weighted by Crippen LogP contribution is -2.33. The maximum atomic E-state index is 11.8. The Morgan fingerprint density at radius 1 is 1.50 bits per heavy atom. The van der Waals surface area contributed by atoms with Crippen LogP contribution in [0.4, 0.5) is 5.95 Å². The maximum Gasteiger partial charge on any atom is 0.240 e. The summed E-state index contributed by atoms with van der Waals surface area (Å²) in [7, 11) is 0. The number of rotatable bonds is 3. The number of amides is 1. The molecule has 0 bridgehead atoms. The van der Waals surface area contributed by atoms with Crippen molar-refractivity contribution in [1.82, 2.24) is 14.9 Å². The van der Waals surface area contributed by atoms with Gasteiger partial charge in [-0.15, -0.1) is 0 Å². The second-order valence-corrected chi connectivity index (χ2v) is 4.77. The highest BCUT2D eigenvalue weighted by atomic mass is 16.2. The lowest BCUT2D eigenvalue weighted by molar-refractivity contribution is -0.122. The third kappa shape index (κ3) is 2.45. The summed E-state index contributed by atoms with van der Waals surface area (Å²) in [5.74, 6) is 0.312. The molecular weight excluding hydrogens is 228 g/mol. The molecule has 2 rings (SSSR count). The number of nitrogens with zero attached hydrogens (tertiary/aromatic N) is 2. The topological polar surface area (TPSA) is 72.9 Å². The van der Waals surface area contributed by atoms with Crippen LogP contribution in [0.25, 0.3) is 11.0 Å². The number of nitrogens with two attached hydrogens (primary N) is 1. The Balaban J connectivity index is 2.35. The Hall–Kier alpha value is -2.04. The molecule has 0 saturated heterocycles. The van der Waals surface area contributed by atoms with Gasteiger partial charge in [-0.3, -0.25) is 4.79 Å². The van der Waals surface area contributed by atoms with Gasteiger partial charge in [0.2, 0.25) is 11.9 Å². The molecule has 0 aliphatic rings. The lowest BCUT2D eigenvalue weighted by atomic mass is 10.2. The minimum absolute atomic E-state index is 0.0579. The molecule has 0 fully saturated rings. The van der Waals surface area contributed by atoms with Gasteiger partial charge in [-0.1, -0.05) is 6.07 Å². The van der Waals surface area contributed by atoms with Gasteiger partial charge in [0, 0.05) is 6.04 Å². The van der Waals surface area contributed by atoms with E-state index in [1.807, 2.05) is 39.0 Å². The molecule has 0 atom stereocenters. The van der Waals surface area contributed by atoms with Crippen LogP contribution in [0.2, 0.25) is 0 Å². The highest BCUT2D eigenvalue weighted by molar-refractivity contribution is 5.83. The van der Waals surface area contributed by atoms with E-state index in [4.69, 9.17) is 5.73 Å². The van der Waals surface area contributed by atoms with Crippen LogP contribution in [0.5, 0.6) is 0 Å². The molecule has 1 amide bonds. The third-order valence-corrected chi connectivity index (χ3v) is 2.68. The van der Waals surface area contributed by atoms with Crippen molar-refractivity contribution >= 4 is 22.9 Å². The van der Waals surface area contributed by atoms with Gasteiger partial charge >= 0.3 is 0 Å². The Morgan fingerprint density at radius 2 is 2.22 bits per heavy atom. The number of aromatic nitrogens is 2. The maximum absolute atomic E-state index is 11.8. The van der Waals surface area contributed by atoms with Crippen molar-refractivity contribution in [1.29, 1.82) is 0 Å². The largest absolute Gasteiger partial charge is 0.369 e. The molecule has 3 N–H and O–H groups in total. The number of hydrogen-bond acceptors (Lipinski definition) is 3. The van der Waals surface area contributed by atoms with E-state index in [-0.39, 0.29) is 18.5 Å². The van der Waals surface area contributed by atoms with Crippen molar-refractivity contribution in [3.8, 4) is 0 Å². The average molecular weight is 246 g/mol. The van der Waals surface area contributed by atoms with Crippen LogP contribution in [0.15, 0.2) is 18.2 Å². The summed E-state index contributed by atoms with van der Waals surface area (Å²) in [6.45, 7) is 6.06. The summed E-state index contributed by atoms with van der Waals surface area (Å²) >= 11 is 0. The molecule has 2 aromatic rings. The van der Waals surface area contributed by atoms with Crippen LogP contribution in [-0.4, -0.2) is 21.5 Å². The molecule has 0 unspecified atom stereocenters. The standard InChI is InChI=1S/C13H18N4O/c1-8(2)15-12(18)7-17-11-6-9(3)4-5-10(11)16-13(17)14/h4-6,8H,7H2,1-3H3,(H2,14,16)(H,15,18). The molecule has 0 aliphatic carbocycles. The van der Waals surface area contributed by atoms with Crippen LogP contribution >= 0.6 is 0 Å². The molecule has 1 heterocycles. The van der Waals surface area contributed by atoms with E-state index in [2.05, 4.69) is 10.3 Å². The van der Waals surface area contributed by atoms with Crippen molar-refractivity contribution in [3.05, 3.63) is 23.8 Å². The van der Waals surface area contributed by atoms with Crippen LogP contribution in [0.3, 0.4) is 0 Å². The molecule has 0 saturated carbocycles. The third-order valence-electron chi connectivity index (χ3n) is 2.68. The van der Waals surface area contributed by atoms with E-state index in [9.17, 15) is 4.79 Å². The number of imidazole rings is 1. The quantitative estimate of drug-likeness (QED) is 0.861. The predicted molar refractivity (Wildman–Crippen MR) is 72.2 cm³/mol.